The lowest BCUT2D eigenvalue weighted by Crippen LogP contribution is -2.54. The van der Waals surface area contributed by atoms with Gasteiger partial charge in [-0.2, -0.15) is 0 Å². The molecule has 1 aliphatic rings. The summed E-state index contributed by atoms with van der Waals surface area (Å²) in [5.41, 5.74) is 3.63. The maximum Gasteiger partial charge on any atom is 0.335 e. The molecule has 0 radical (unpaired) electrons. The molecule has 0 atom stereocenters. The molecule has 180 valence electrons. The van der Waals surface area contributed by atoms with Crippen LogP contribution in [-0.2, 0) is 22.6 Å². The average molecular weight is 518 g/mol. The Morgan fingerprint density at radius 1 is 0.889 bits per heavy atom. The molecule has 1 aliphatic heterocycles. The molecule has 8 heteroatoms. The first-order valence-corrected chi connectivity index (χ1v) is 12.1. The number of hydrogen-bond donors (Lipinski definition) is 1. The first kappa shape index (κ1) is 23.9. The predicted molar refractivity (Wildman–Crippen MR) is 142 cm³/mol. The lowest BCUT2D eigenvalue weighted by molar-refractivity contribution is -0.122. The van der Waals surface area contributed by atoms with Crippen molar-refractivity contribution in [2.45, 2.75) is 19.9 Å². The molecule has 2 heterocycles. The number of rotatable bonds is 5. The van der Waals surface area contributed by atoms with Gasteiger partial charge in [-0.1, -0.05) is 66.5 Å². The van der Waals surface area contributed by atoms with Gasteiger partial charge in [0.15, 0.2) is 0 Å². The monoisotopic (exact) mass is 517 g/mol. The first-order chi connectivity index (χ1) is 17.4. The molecule has 1 N–H and O–H groups in total. The largest absolute Gasteiger partial charge is 0.342 e. The van der Waals surface area contributed by atoms with Gasteiger partial charge in [-0.05, 0) is 48.4 Å². The number of nitrogens with one attached hydrogen (secondary N) is 1. The summed E-state index contributed by atoms with van der Waals surface area (Å²) in [6.45, 7) is 2.42. The van der Waals surface area contributed by atoms with Crippen LogP contribution in [0.3, 0.4) is 0 Å². The van der Waals surface area contributed by atoms with Gasteiger partial charge in [-0.15, -0.1) is 0 Å². The normalized spacial score (nSPS) is 15.1. The number of carbonyl (C=O) groups excluding carboxylic acids is 3. The zero-order valence-corrected chi connectivity index (χ0v) is 20.8. The van der Waals surface area contributed by atoms with Crippen molar-refractivity contribution >= 4 is 63.7 Å². The summed E-state index contributed by atoms with van der Waals surface area (Å²) in [6.07, 6.45) is 4.19. The minimum atomic E-state index is -0.776. The molecular weight excluding hydrogens is 497 g/mol. The van der Waals surface area contributed by atoms with E-state index in [1.54, 1.807) is 30.3 Å². The van der Waals surface area contributed by atoms with Crippen LogP contribution in [0.1, 0.15) is 23.6 Å². The number of anilines is 1. The smallest absolute Gasteiger partial charge is 0.335 e. The number of amides is 4. The fraction of sp³-hybridized carbons (Fsp3) is 0.107. The highest BCUT2D eigenvalue weighted by Gasteiger charge is 2.37. The third-order valence-corrected chi connectivity index (χ3v) is 6.92. The van der Waals surface area contributed by atoms with Gasteiger partial charge in [0, 0.05) is 38.3 Å². The summed E-state index contributed by atoms with van der Waals surface area (Å²) < 4.78 is 1.96. The van der Waals surface area contributed by atoms with Gasteiger partial charge >= 0.3 is 6.03 Å². The van der Waals surface area contributed by atoms with Crippen molar-refractivity contribution in [3.05, 3.63) is 105 Å². The molecule has 1 aromatic heterocycles. The SMILES string of the molecule is CCc1ccc(N2C(=O)NC(=O)C(=Cc3cn(Cc4c(Cl)cccc4Cl)c4ccccc34)C2=O)cc1. The number of urea groups is 1. The number of barbiturate groups is 1. The average Bonchev–Trinajstić information content (AvgIpc) is 3.21. The second-order valence-corrected chi connectivity index (χ2v) is 9.22. The van der Waals surface area contributed by atoms with Crippen LogP contribution in [0.25, 0.3) is 17.0 Å². The Hall–Kier alpha value is -3.87. The summed E-state index contributed by atoms with van der Waals surface area (Å²) in [7, 11) is 0. The molecule has 4 aromatic rings. The predicted octanol–water partition coefficient (Wildman–Crippen LogP) is 6.23. The molecule has 1 fully saturated rings. The fourth-order valence-electron chi connectivity index (χ4n) is 4.30. The quantitative estimate of drug-likeness (QED) is 0.252. The molecule has 0 unspecified atom stereocenters. The lowest BCUT2D eigenvalue weighted by Gasteiger charge is -2.26. The van der Waals surface area contributed by atoms with Gasteiger partial charge in [0.25, 0.3) is 11.8 Å². The third kappa shape index (κ3) is 4.30. The molecule has 5 rings (SSSR count). The minimum Gasteiger partial charge on any atom is -0.342 e. The molecule has 0 aliphatic carbocycles. The van der Waals surface area contributed by atoms with Crippen LogP contribution in [0.4, 0.5) is 10.5 Å². The standard InChI is InChI=1S/C28H21Cl2N3O3/c1-2-17-10-12-19(13-11-17)33-27(35)21(26(34)31-28(33)36)14-18-15-32(25-9-4-3-6-20(18)25)16-22-23(29)7-5-8-24(22)30/h3-15H,2,16H2,1H3,(H,31,34,36). The number of para-hydroxylation sites is 1. The Balaban J connectivity index is 1.57. The van der Waals surface area contributed by atoms with Crippen LogP contribution in [0.5, 0.6) is 0 Å². The van der Waals surface area contributed by atoms with E-state index in [1.165, 1.54) is 6.08 Å². The highest BCUT2D eigenvalue weighted by molar-refractivity contribution is 6.39. The third-order valence-electron chi connectivity index (χ3n) is 6.21. The van der Waals surface area contributed by atoms with E-state index < -0.39 is 17.8 Å². The van der Waals surface area contributed by atoms with E-state index in [0.717, 1.165) is 33.4 Å². The van der Waals surface area contributed by atoms with E-state index in [4.69, 9.17) is 23.2 Å². The Kier molecular flexibility index (Phi) is 6.39. The first-order valence-electron chi connectivity index (χ1n) is 11.4. The van der Waals surface area contributed by atoms with Gasteiger partial charge < -0.3 is 4.57 Å². The number of aryl methyl sites for hydroxylation is 1. The van der Waals surface area contributed by atoms with E-state index in [-0.39, 0.29) is 5.57 Å². The van der Waals surface area contributed by atoms with Crippen LogP contribution in [-0.4, -0.2) is 22.4 Å². The Labute approximate surface area is 217 Å². The molecule has 1 saturated heterocycles. The second-order valence-electron chi connectivity index (χ2n) is 8.41. The molecule has 36 heavy (non-hydrogen) atoms. The summed E-state index contributed by atoms with van der Waals surface area (Å²) in [5.74, 6) is -1.42. The summed E-state index contributed by atoms with van der Waals surface area (Å²) in [6, 6.07) is 19.3. The summed E-state index contributed by atoms with van der Waals surface area (Å²) in [4.78, 5) is 39.6. The Bertz CT molecular complexity index is 1530. The number of carbonyl (C=O) groups is 3. The van der Waals surface area contributed by atoms with Crippen molar-refractivity contribution in [2.75, 3.05) is 4.90 Å². The molecule has 3 aromatic carbocycles. The minimum absolute atomic E-state index is 0.132. The highest BCUT2D eigenvalue weighted by Crippen LogP contribution is 2.30. The topological polar surface area (TPSA) is 71.4 Å². The van der Waals surface area contributed by atoms with Crippen LogP contribution >= 0.6 is 23.2 Å². The number of hydrogen-bond acceptors (Lipinski definition) is 3. The van der Waals surface area contributed by atoms with Crippen LogP contribution < -0.4 is 10.2 Å². The zero-order valence-electron chi connectivity index (χ0n) is 19.3. The van der Waals surface area contributed by atoms with Gasteiger partial charge in [0.05, 0.1) is 12.2 Å². The Morgan fingerprint density at radius 3 is 2.28 bits per heavy atom. The number of fused-ring (bicyclic) bond motifs is 1. The highest BCUT2D eigenvalue weighted by atomic mass is 35.5. The molecular formula is C28H21Cl2N3O3. The lowest BCUT2D eigenvalue weighted by atomic mass is 10.1. The van der Waals surface area contributed by atoms with Crippen molar-refractivity contribution in [3.63, 3.8) is 0 Å². The Morgan fingerprint density at radius 2 is 1.58 bits per heavy atom. The van der Waals surface area contributed by atoms with Gasteiger partial charge in [0.2, 0.25) is 0 Å². The summed E-state index contributed by atoms with van der Waals surface area (Å²) >= 11 is 12.8. The zero-order chi connectivity index (χ0) is 25.4. The summed E-state index contributed by atoms with van der Waals surface area (Å²) in [5, 5.41) is 4.21. The fourth-order valence-corrected chi connectivity index (χ4v) is 4.82. The van der Waals surface area contributed by atoms with Crippen molar-refractivity contribution in [1.82, 2.24) is 9.88 Å². The van der Waals surface area contributed by atoms with Crippen molar-refractivity contribution in [1.29, 1.82) is 0 Å². The van der Waals surface area contributed by atoms with Crippen LogP contribution in [0.2, 0.25) is 10.0 Å². The number of benzene rings is 3. The van der Waals surface area contributed by atoms with E-state index in [1.807, 2.05) is 54.1 Å². The van der Waals surface area contributed by atoms with Crippen molar-refractivity contribution in [2.24, 2.45) is 0 Å². The number of halogens is 2. The molecule has 0 bridgehead atoms. The van der Waals surface area contributed by atoms with Gasteiger partial charge in [0.1, 0.15) is 5.57 Å². The molecule has 6 nitrogen and oxygen atoms in total. The maximum absolute atomic E-state index is 13.4. The number of nitrogens with zero attached hydrogens (tertiary/aromatic N) is 2. The van der Waals surface area contributed by atoms with Crippen molar-refractivity contribution < 1.29 is 14.4 Å². The van der Waals surface area contributed by atoms with E-state index in [0.29, 0.717) is 27.8 Å². The van der Waals surface area contributed by atoms with Crippen LogP contribution in [0.15, 0.2) is 78.5 Å². The maximum atomic E-state index is 13.4. The van der Waals surface area contributed by atoms with Gasteiger partial charge in [-0.25, -0.2) is 9.69 Å². The van der Waals surface area contributed by atoms with E-state index >= 15 is 0 Å². The molecule has 0 spiro atoms. The molecule has 4 amide bonds. The van der Waals surface area contributed by atoms with Gasteiger partial charge in [-0.3, -0.25) is 14.9 Å². The van der Waals surface area contributed by atoms with E-state index in [9.17, 15) is 14.4 Å². The molecule has 0 saturated carbocycles. The second kappa shape index (κ2) is 9.64. The van der Waals surface area contributed by atoms with E-state index in [2.05, 4.69) is 5.32 Å². The van der Waals surface area contributed by atoms with Crippen LogP contribution in [0, 0.1) is 0 Å². The number of imide groups is 2. The van der Waals surface area contributed by atoms with Crippen molar-refractivity contribution in [3.8, 4) is 0 Å². The number of aromatic nitrogens is 1.